The monoisotopic (exact) mass is 376 g/mol. The van der Waals surface area contributed by atoms with Crippen LogP contribution in [0.4, 0.5) is 0 Å². The Kier molecular flexibility index (Phi) is 16.7. The van der Waals surface area contributed by atoms with Crippen LogP contribution in [-0.4, -0.2) is 9.55 Å². The van der Waals surface area contributed by atoms with Gasteiger partial charge in [-0.2, -0.15) is 0 Å². The molecule has 0 bridgehead atoms. The SMILES string of the molecule is CCCCCCCCCCCCCCCCCC(CCCC)n1ccnc1. The lowest BCUT2D eigenvalue weighted by atomic mass is 10.0. The van der Waals surface area contributed by atoms with Gasteiger partial charge in [0.25, 0.3) is 0 Å². The summed E-state index contributed by atoms with van der Waals surface area (Å²) >= 11 is 0. The molecule has 2 heteroatoms. The third-order valence-electron chi connectivity index (χ3n) is 5.98. The minimum atomic E-state index is 0.675. The molecular weight excluding hydrogens is 328 g/mol. The van der Waals surface area contributed by atoms with Crippen LogP contribution in [-0.2, 0) is 0 Å². The maximum atomic E-state index is 4.24. The molecule has 1 aromatic heterocycles. The van der Waals surface area contributed by atoms with Gasteiger partial charge < -0.3 is 4.57 Å². The number of hydrogen-bond acceptors (Lipinski definition) is 1. The zero-order valence-electron chi connectivity index (χ0n) is 18.6. The third-order valence-corrected chi connectivity index (χ3v) is 5.98. The smallest absolute Gasteiger partial charge is 0.0948 e. The number of nitrogens with zero attached hydrogens (tertiary/aromatic N) is 2. The fourth-order valence-electron chi connectivity index (χ4n) is 4.12. The highest BCUT2D eigenvalue weighted by Crippen LogP contribution is 2.22. The lowest BCUT2D eigenvalue weighted by Gasteiger charge is -2.18. The van der Waals surface area contributed by atoms with Crippen LogP contribution in [0.25, 0.3) is 0 Å². The first-order valence-electron chi connectivity index (χ1n) is 12.4. The number of aromatic nitrogens is 2. The molecule has 0 fully saturated rings. The van der Waals surface area contributed by atoms with Crippen LogP contribution in [0.5, 0.6) is 0 Å². The van der Waals surface area contributed by atoms with E-state index in [0.717, 1.165) is 0 Å². The molecule has 27 heavy (non-hydrogen) atoms. The van der Waals surface area contributed by atoms with Crippen molar-refractivity contribution in [3.05, 3.63) is 18.7 Å². The summed E-state index contributed by atoms with van der Waals surface area (Å²) in [6, 6.07) is 0.675. The Bertz CT molecular complexity index is 385. The van der Waals surface area contributed by atoms with Crippen molar-refractivity contribution in [3.63, 3.8) is 0 Å². The molecule has 1 atom stereocenters. The van der Waals surface area contributed by atoms with Crippen molar-refractivity contribution in [2.45, 2.75) is 142 Å². The predicted octanol–water partition coefficient (Wildman–Crippen LogP) is 8.88. The molecule has 0 saturated carbocycles. The largest absolute Gasteiger partial charge is 0.334 e. The maximum absolute atomic E-state index is 4.24. The third kappa shape index (κ3) is 13.9. The summed E-state index contributed by atoms with van der Waals surface area (Å²) in [6.45, 7) is 4.59. The van der Waals surface area contributed by atoms with Crippen molar-refractivity contribution < 1.29 is 0 Å². The van der Waals surface area contributed by atoms with Crippen molar-refractivity contribution in [3.8, 4) is 0 Å². The molecule has 0 aliphatic carbocycles. The van der Waals surface area contributed by atoms with E-state index >= 15 is 0 Å². The van der Waals surface area contributed by atoms with E-state index in [4.69, 9.17) is 0 Å². The molecule has 0 saturated heterocycles. The van der Waals surface area contributed by atoms with Gasteiger partial charge in [0.05, 0.1) is 6.33 Å². The van der Waals surface area contributed by atoms with Crippen molar-refractivity contribution in [1.82, 2.24) is 9.55 Å². The van der Waals surface area contributed by atoms with E-state index in [9.17, 15) is 0 Å². The van der Waals surface area contributed by atoms with E-state index in [-0.39, 0.29) is 0 Å². The van der Waals surface area contributed by atoms with Crippen molar-refractivity contribution in [2.75, 3.05) is 0 Å². The Labute approximate surface area is 170 Å². The minimum absolute atomic E-state index is 0.675. The number of hydrogen-bond donors (Lipinski definition) is 0. The summed E-state index contributed by atoms with van der Waals surface area (Å²) in [5.74, 6) is 0. The van der Waals surface area contributed by atoms with Gasteiger partial charge in [-0.15, -0.1) is 0 Å². The van der Waals surface area contributed by atoms with Crippen LogP contribution in [0.3, 0.4) is 0 Å². The van der Waals surface area contributed by atoms with Crippen LogP contribution < -0.4 is 0 Å². The Morgan fingerprint density at radius 1 is 0.593 bits per heavy atom. The van der Waals surface area contributed by atoms with Crippen LogP contribution >= 0.6 is 0 Å². The molecule has 0 amide bonds. The first-order valence-corrected chi connectivity index (χ1v) is 12.4. The first kappa shape index (κ1) is 24.2. The lowest BCUT2D eigenvalue weighted by Crippen LogP contribution is -2.07. The second kappa shape index (κ2) is 18.6. The topological polar surface area (TPSA) is 17.8 Å². The molecule has 1 aromatic rings. The second-order valence-corrected chi connectivity index (χ2v) is 8.54. The molecule has 2 nitrogen and oxygen atoms in total. The molecule has 0 aliphatic heterocycles. The van der Waals surface area contributed by atoms with Crippen LogP contribution in [0.1, 0.15) is 142 Å². The van der Waals surface area contributed by atoms with Gasteiger partial charge in [0.2, 0.25) is 0 Å². The Hall–Kier alpha value is -0.790. The minimum Gasteiger partial charge on any atom is -0.334 e. The van der Waals surface area contributed by atoms with E-state index in [1.165, 1.54) is 122 Å². The van der Waals surface area contributed by atoms with Crippen molar-refractivity contribution in [2.24, 2.45) is 0 Å². The zero-order chi connectivity index (χ0) is 19.4. The van der Waals surface area contributed by atoms with Gasteiger partial charge in [-0.25, -0.2) is 4.98 Å². The molecule has 1 heterocycles. The molecule has 1 rings (SSSR count). The Morgan fingerprint density at radius 3 is 1.48 bits per heavy atom. The highest BCUT2D eigenvalue weighted by molar-refractivity contribution is 4.80. The summed E-state index contributed by atoms with van der Waals surface area (Å²) in [5, 5.41) is 0. The van der Waals surface area contributed by atoms with Crippen LogP contribution in [0.15, 0.2) is 18.7 Å². The van der Waals surface area contributed by atoms with Gasteiger partial charge >= 0.3 is 0 Å². The quantitative estimate of drug-likeness (QED) is 0.208. The molecular formula is C25H48N2. The van der Waals surface area contributed by atoms with E-state index in [1.807, 2.05) is 12.5 Å². The predicted molar refractivity (Wildman–Crippen MR) is 120 cm³/mol. The fraction of sp³-hybridized carbons (Fsp3) is 0.880. The van der Waals surface area contributed by atoms with E-state index in [1.54, 1.807) is 0 Å². The number of imidazole rings is 1. The maximum Gasteiger partial charge on any atom is 0.0948 e. The lowest BCUT2D eigenvalue weighted by molar-refractivity contribution is 0.400. The molecule has 0 aromatic carbocycles. The Morgan fingerprint density at radius 2 is 1.04 bits per heavy atom. The summed E-state index contributed by atoms with van der Waals surface area (Å²) in [4.78, 5) is 4.24. The van der Waals surface area contributed by atoms with E-state index in [2.05, 4.69) is 29.6 Å². The summed E-state index contributed by atoms with van der Waals surface area (Å²) in [5.41, 5.74) is 0. The zero-order valence-corrected chi connectivity index (χ0v) is 18.6. The number of rotatable bonds is 20. The van der Waals surface area contributed by atoms with Gasteiger partial charge in [0.1, 0.15) is 0 Å². The molecule has 0 spiro atoms. The van der Waals surface area contributed by atoms with Gasteiger partial charge in [0.15, 0.2) is 0 Å². The molecule has 0 aliphatic rings. The molecule has 0 N–H and O–H groups in total. The average Bonchev–Trinajstić information content (AvgIpc) is 3.22. The van der Waals surface area contributed by atoms with Crippen molar-refractivity contribution in [1.29, 1.82) is 0 Å². The highest BCUT2D eigenvalue weighted by Gasteiger charge is 2.09. The van der Waals surface area contributed by atoms with E-state index in [0.29, 0.717) is 6.04 Å². The standard InChI is InChI=1S/C25H48N2/c1-3-5-7-8-9-10-11-12-13-14-15-16-17-18-19-21-25(20-6-4-2)27-23-22-26-24-27/h22-25H,3-21H2,1-2H3. The van der Waals surface area contributed by atoms with E-state index < -0.39 is 0 Å². The molecule has 158 valence electrons. The first-order chi connectivity index (χ1) is 13.4. The summed E-state index contributed by atoms with van der Waals surface area (Å²) in [7, 11) is 0. The van der Waals surface area contributed by atoms with Crippen molar-refractivity contribution >= 4 is 0 Å². The summed E-state index contributed by atoms with van der Waals surface area (Å²) < 4.78 is 2.33. The average molecular weight is 377 g/mol. The Balaban J connectivity index is 1.86. The van der Waals surface area contributed by atoms with Gasteiger partial charge in [0, 0.05) is 18.4 Å². The molecule has 0 radical (unpaired) electrons. The van der Waals surface area contributed by atoms with Gasteiger partial charge in [-0.05, 0) is 12.8 Å². The second-order valence-electron chi connectivity index (χ2n) is 8.54. The fourth-order valence-corrected chi connectivity index (χ4v) is 4.12. The van der Waals surface area contributed by atoms with Gasteiger partial charge in [-0.3, -0.25) is 0 Å². The van der Waals surface area contributed by atoms with Gasteiger partial charge in [-0.1, -0.05) is 123 Å². The number of unbranched alkanes of at least 4 members (excludes halogenated alkanes) is 15. The molecule has 1 unspecified atom stereocenters. The normalized spacial score (nSPS) is 12.5. The van der Waals surface area contributed by atoms with Crippen LogP contribution in [0.2, 0.25) is 0 Å². The summed E-state index contributed by atoms with van der Waals surface area (Å²) in [6.07, 6.45) is 33.0. The van der Waals surface area contributed by atoms with Crippen LogP contribution in [0, 0.1) is 0 Å². The highest BCUT2D eigenvalue weighted by atomic mass is 15.0.